The first-order valence-electron chi connectivity index (χ1n) is 5.15. The van der Waals surface area contributed by atoms with E-state index < -0.39 is 0 Å². The zero-order chi connectivity index (χ0) is 12.6. The SMILES string of the molecule is Cc1cc(C(Br)c2ccc(Cl)cc2Cl)sc1C. The average Bonchev–Trinajstić information content (AvgIpc) is 2.58. The van der Waals surface area contributed by atoms with Crippen molar-refractivity contribution in [2.75, 3.05) is 0 Å². The minimum absolute atomic E-state index is 0.129. The number of aryl methyl sites for hydroxylation is 2. The zero-order valence-corrected chi connectivity index (χ0v) is 13.3. The van der Waals surface area contributed by atoms with Gasteiger partial charge in [0.25, 0.3) is 0 Å². The summed E-state index contributed by atoms with van der Waals surface area (Å²) in [4.78, 5) is 2.74. The van der Waals surface area contributed by atoms with Crippen molar-refractivity contribution in [3.63, 3.8) is 0 Å². The third-order valence-corrected chi connectivity index (χ3v) is 5.74. The molecule has 0 saturated carbocycles. The van der Waals surface area contributed by atoms with E-state index in [1.165, 1.54) is 15.3 Å². The summed E-state index contributed by atoms with van der Waals surface area (Å²) < 4.78 is 0. The van der Waals surface area contributed by atoms with Gasteiger partial charge in [0.2, 0.25) is 0 Å². The Labute approximate surface area is 124 Å². The van der Waals surface area contributed by atoms with Gasteiger partial charge in [0, 0.05) is 19.8 Å². The molecule has 0 aliphatic heterocycles. The summed E-state index contributed by atoms with van der Waals surface area (Å²) in [6, 6.07) is 7.81. The van der Waals surface area contributed by atoms with E-state index in [1.807, 2.05) is 12.1 Å². The van der Waals surface area contributed by atoms with Crippen LogP contribution in [-0.2, 0) is 0 Å². The van der Waals surface area contributed by atoms with Gasteiger partial charge in [-0.15, -0.1) is 11.3 Å². The predicted molar refractivity (Wildman–Crippen MR) is 81.0 cm³/mol. The second kappa shape index (κ2) is 5.31. The standard InChI is InChI=1S/C13H11BrCl2S/c1-7-5-12(17-8(7)2)13(14)10-4-3-9(15)6-11(10)16/h3-6,13H,1-2H3. The Morgan fingerprint density at radius 1 is 1.18 bits per heavy atom. The van der Waals surface area contributed by atoms with Crippen molar-refractivity contribution in [3.05, 3.63) is 55.2 Å². The van der Waals surface area contributed by atoms with Crippen LogP contribution in [0.3, 0.4) is 0 Å². The fourth-order valence-electron chi connectivity index (χ4n) is 1.59. The summed E-state index contributed by atoms with van der Waals surface area (Å²) in [6.45, 7) is 4.26. The smallest absolute Gasteiger partial charge is 0.0752 e. The third kappa shape index (κ3) is 2.87. The maximum atomic E-state index is 6.21. The van der Waals surface area contributed by atoms with Crippen LogP contribution >= 0.6 is 50.5 Å². The first kappa shape index (κ1) is 13.4. The van der Waals surface area contributed by atoms with Crippen LogP contribution in [0.25, 0.3) is 0 Å². The van der Waals surface area contributed by atoms with E-state index in [0.29, 0.717) is 10.0 Å². The monoisotopic (exact) mass is 348 g/mol. The molecule has 0 spiro atoms. The molecule has 0 fully saturated rings. The number of benzene rings is 1. The first-order chi connectivity index (χ1) is 7.99. The molecule has 2 aromatic rings. The molecule has 0 aliphatic rings. The van der Waals surface area contributed by atoms with Gasteiger partial charge in [0.1, 0.15) is 0 Å². The highest BCUT2D eigenvalue weighted by Crippen LogP contribution is 2.40. The summed E-state index contributed by atoms with van der Waals surface area (Å²) in [5.74, 6) is 0. The van der Waals surface area contributed by atoms with Crippen LogP contribution in [0.15, 0.2) is 24.3 Å². The fraction of sp³-hybridized carbons (Fsp3) is 0.231. The summed E-state index contributed by atoms with van der Waals surface area (Å²) in [5.41, 5.74) is 2.37. The molecule has 0 bridgehead atoms. The van der Waals surface area contributed by atoms with Gasteiger partial charge < -0.3 is 0 Å². The summed E-state index contributed by atoms with van der Waals surface area (Å²) in [5, 5.41) is 1.36. The highest BCUT2D eigenvalue weighted by atomic mass is 79.9. The first-order valence-corrected chi connectivity index (χ1v) is 7.64. The molecule has 0 nitrogen and oxygen atoms in total. The molecule has 1 aromatic carbocycles. The van der Waals surface area contributed by atoms with Gasteiger partial charge in [-0.1, -0.05) is 45.2 Å². The van der Waals surface area contributed by atoms with Crippen LogP contribution < -0.4 is 0 Å². The molecule has 90 valence electrons. The fourth-order valence-corrected chi connectivity index (χ4v) is 4.09. The number of hydrogen-bond donors (Lipinski definition) is 0. The largest absolute Gasteiger partial charge is 0.144 e. The molecule has 0 aliphatic carbocycles. The Kier molecular flexibility index (Phi) is 4.19. The van der Waals surface area contributed by atoms with Crippen molar-refractivity contribution in [3.8, 4) is 0 Å². The Morgan fingerprint density at radius 3 is 2.41 bits per heavy atom. The second-order valence-electron chi connectivity index (χ2n) is 3.92. The molecule has 17 heavy (non-hydrogen) atoms. The van der Waals surface area contributed by atoms with Crippen LogP contribution in [0.1, 0.15) is 25.7 Å². The number of alkyl halides is 1. The van der Waals surface area contributed by atoms with Gasteiger partial charge in [-0.2, -0.15) is 0 Å². The Bertz CT molecular complexity index is 529. The van der Waals surface area contributed by atoms with Crippen molar-refractivity contribution >= 4 is 50.5 Å². The Balaban J connectivity index is 2.39. The quantitative estimate of drug-likeness (QED) is 0.570. The second-order valence-corrected chi connectivity index (χ2v) is 6.96. The van der Waals surface area contributed by atoms with Gasteiger partial charge in [-0.25, -0.2) is 0 Å². The average molecular weight is 350 g/mol. The van der Waals surface area contributed by atoms with E-state index >= 15 is 0 Å². The lowest BCUT2D eigenvalue weighted by atomic mass is 10.1. The van der Waals surface area contributed by atoms with Crippen molar-refractivity contribution in [2.45, 2.75) is 18.7 Å². The molecule has 0 saturated heterocycles. The van der Waals surface area contributed by atoms with Gasteiger partial charge in [-0.05, 0) is 43.2 Å². The molecule has 2 rings (SSSR count). The van der Waals surface area contributed by atoms with Crippen LogP contribution in [0.5, 0.6) is 0 Å². The topological polar surface area (TPSA) is 0 Å². The normalized spacial score (nSPS) is 12.8. The molecule has 1 heterocycles. The van der Waals surface area contributed by atoms with Crippen LogP contribution in [0.2, 0.25) is 10.0 Å². The maximum absolute atomic E-state index is 6.21. The lowest BCUT2D eigenvalue weighted by Crippen LogP contribution is -1.90. The molecule has 1 atom stereocenters. The number of hydrogen-bond acceptors (Lipinski definition) is 1. The van der Waals surface area contributed by atoms with E-state index in [0.717, 1.165) is 5.56 Å². The van der Waals surface area contributed by atoms with E-state index in [1.54, 1.807) is 17.4 Å². The lowest BCUT2D eigenvalue weighted by Gasteiger charge is -2.10. The molecular formula is C13H11BrCl2S. The van der Waals surface area contributed by atoms with Crippen molar-refractivity contribution in [2.24, 2.45) is 0 Å². The van der Waals surface area contributed by atoms with E-state index in [4.69, 9.17) is 23.2 Å². The van der Waals surface area contributed by atoms with Crippen LogP contribution in [0, 0.1) is 13.8 Å². The number of thiophene rings is 1. The van der Waals surface area contributed by atoms with Crippen molar-refractivity contribution < 1.29 is 0 Å². The summed E-state index contributed by atoms with van der Waals surface area (Å²) >= 11 is 17.6. The minimum atomic E-state index is 0.129. The molecule has 0 radical (unpaired) electrons. The van der Waals surface area contributed by atoms with E-state index in [9.17, 15) is 0 Å². The highest BCUT2D eigenvalue weighted by molar-refractivity contribution is 9.09. The summed E-state index contributed by atoms with van der Waals surface area (Å²) in [6.07, 6.45) is 0. The molecule has 1 unspecified atom stereocenters. The maximum Gasteiger partial charge on any atom is 0.0752 e. The van der Waals surface area contributed by atoms with E-state index in [-0.39, 0.29) is 4.83 Å². The molecule has 0 N–H and O–H groups in total. The van der Waals surface area contributed by atoms with Gasteiger partial charge in [-0.3, -0.25) is 0 Å². The van der Waals surface area contributed by atoms with Crippen LogP contribution in [-0.4, -0.2) is 0 Å². The Hall–Kier alpha value is -0.0200. The molecular weight excluding hydrogens is 339 g/mol. The van der Waals surface area contributed by atoms with Gasteiger partial charge in [0.05, 0.1) is 4.83 Å². The molecule has 1 aromatic heterocycles. The van der Waals surface area contributed by atoms with Crippen LogP contribution in [0.4, 0.5) is 0 Å². The number of halogens is 3. The van der Waals surface area contributed by atoms with Gasteiger partial charge >= 0.3 is 0 Å². The molecule has 4 heteroatoms. The predicted octanol–water partition coefficient (Wildman–Crippen LogP) is 6.16. The van der Waals surface area contributed by atoms with E-state index in [2.05, 4.69) is 35.8 Å². The molecule has 0 amide bonds. The van der Waals surface area contributed by atoms with Crippen molar-refractivity contribution in [1.29, 1.82) is 0 Å². The minimum Gasteiger partial charge on any atom is -0.144 e. The Morgan fingerprint density at radius 2 is 1.88 bits per heavy atom. The van der Waals surface area contributed by atoms with Gasteiger partial charge in [0.15, 0.2) is 0 Å². The highest BCUT2D eigenvalue weighted by Gasteiger charge is 2.16. The summed E-state index contributed by atoms with van der Waals surface area (Å²) in [7, 11) is 0. The zero-order valence-electron chi connectivity index (χ0n) is 9.43. The van der Waals surface area contributed by atoms with Crippen molar-refractivity contribution in [1.82, 2.24) is 0 Å². The number of rotatable bonds is 2. The lowest BCUT2D eigenvalue weighted by molar-refractivity contribution is 1.22. The third-order valence-electron chi connectivity index (χ3n) is 2.67.